The summed E-state index contributed by atoms with van der Waals surface area (Å²) in [4.78, 5) is 0. The Morgan fingerprint density at radius 1 is 1.17 bits per heavy atom. The van der Waals surface area contributed by atoms with Gasteiger partial charge in [-0.2, -0.15) is 18.3 Å². The van der Waals surface area contributed by atoms with Crippen molar-refractivity contribution in [1.82, 2.24) is 0 Å². The number of alkyl halides is 3. The Hall–Kier alpha value is -2.21. The van der Waals surface area contributed by atoms with Crippen LogP contribution in [-0.2, 0) is 6.18 Å². The first-order valence-corrected chi connectivity index (χ1v) is 7.24. The lowest BCUT2D eigenvalue weighted by Crippen LogP contribution is -2.07. The van der Waals surface area contributed by atoms with Gasteiger partial charge >= 0.3 is 6.18 Å². The van der Waals surface area contributed by atoms with Crippen molar-refractivity contribution in [2.45, 2.75) is 19.5 Å². The lowest BCUT2D eigenvalue weighted by atomic mass is 10.1. The molecule has 122 valence electrons. The summed E-state index contributed by atoms with van der Waals surface area (Å²) >= 11 is 5.96. The van der Waals surface area contributed by atoms with E-state index in [4.69, 9.17) is 17.3 Å². The van der Waals surface area contributed by atoms with Crippen LogP contribution in [0.4, 0.5) is 24.5 Å². The van der Waals surface area contributed by atoms with Gasteiger partial charge in [-0.05, 0) is 48.9 Å². The van der Waals surface area contributed by atoms with Gasteiger partial charge in [0.1, 0.15) is 0 Å². The Morgan fingerprint density at radius 3 is 2.39 bits per heavy atom. The van der Waals surface area contributed by atoms with Crippen LogP contribution in [0.25, 0.3) is 0 Å². The summed E-state index contributed by atoms with van der Waals surface area (Å²) in [7, 11) is 0. The minimum Gasteiger partial charge on any atom is -0.398 e. The molecule has 0 amide bonds. The maximum Gasteiger partial charge on any atom is 0.416 e. The third-order valence-corrected chi connectivity index (χ3v) is 3.43. The molecule has 7 heteroatoms. The Balaban J connectivity index is 2.21. The van der Waals surface area contributed by atoms with E-state index in [1.165, 1.54) is 12.1 Å². The SMILES string of the molecule is CC/C(=N\Nc1ccc(C(F)(F)F)cc1)c1cc(Cl)ccc1N. The fourth-order valence-corrected chi connectivity index (χ4v) is 2.15. The number of rotatable bonds is 4. The number of halogens is 4. The minimum atomic E-state index is -4.36. The van der Waals surface area contributed by atoms with Gasteiger partial charge in [0.2, 0.25) is 0 Å². The number of nitrogens with zero attached hydrogens (tertiary/aromatic N) is 1. The average molecular weight is 342 g/mol. The fourth-order valence-electron chi connectivity index (χ4n) is 1.97. The Morgan fingerprint density at radius 2 is 1.83 bits per heavy atom. The highest BCUT2D eigenvalue weighted by Gasteiger charge is 2.29. The molecule has 0 fully saturated rings. The molecule has 0 unspecified atom stereocenters. The van der Waals surface area contributed by atoms with E-state index in [1.807, 2.05) is 6.92 Å². The lowest BCUT2D eigenvalue weighted by Gasteiger charge is -2.10. The predicted molar refractivity (Wildman–Crippen MR) is 87.8 cm³/mol. The molecule has 3 N–H and O–H groups in total. The quantitative estimate of drug-likeness (QED) is 0.458. The minimum absolute atomic E-state index is 0.449. The van der Waals surface area contributed by atoms with Gasteiger partial charge in [0, 0.05) is 16.3 Å². The largest absolute Gasteiger partial charge is 0.416 e. The van der Waals surface area contributed by atoms with E-state index < -0.39 is 11.7 Å². The molecule has 23 heavy (non-hydrogen) atoms. The molecular formula is C16H15ClF3N3. The Labute approximate surface area is 137 Å². The van der Waals surface area contributed by atoms with E-state index in [2.05, 4.69) is 10.5 Å². The number of hydrogen-bond acceptors (Lipinski definition) is 3. The Kier molecular flexibility index (Phi) is 5.15. The van der Waals surface area contributed by atoms with Gasteiger partial charge in [0.05, 0.1) is 17.0 Å². The first-order chi connectivity index (χ1) is 10.8. The molecule has 0 aliphatic carbocycles. The van der Waals surface area contributed by atoms with Gasteiger partial charge in [-0.3, -0.25) is 5.43 Å². The molecule has 0 bridgehead atoms. The first kappa shape index (κ1) is 17.1. The molecule has 0 saturated carbocycles. The lowest BCUT2D eigenvalue weighted by molar-refractivity contribution is -0.137. The van der Waals surface area contributed by atoms with Gasteiger partial charge in [-0.1, -0.05) is 18.5 Å². The molecular weight excluding hydrogens is 327 g/mol. The summed E-state index contributed by atoms with van der Waals surface area (Å²) in [5.74, 6) is 0. The second-order valence-electron chi connectivity index (χ2n) is 4.83. The summed E-state index contributed by atoms with van der Waals surface area (Å²) in [5.41, 5.74) is 10.3. The zero-order valence-electron chi connectivity index (χ0n) is 12.3. The standard InChI is InChI=1S/C16H15ClF3N3/c1-2-15(13-9-11(17)5-8-14(13)21)23-22-12-6-3-10(4-7-12)16(18,19)20/h3-9,22H,2,21H2,1H3/b23-15+. The molecule has 3 nitrogen and oxygen atoms in total. The van der Waals surface area contributed by atoms with E-state index in [0.717, 1.165) is 12.1 Å². The van der Waals surface area contributed by atoms with Gasteiger partial charge in [-0.15, -0.1) is 0 Å². The molecule has 2 aromatic carbocycles. The first-order valence-electron chi connectivity index (χ1n) is 6.86. The van der Waals surface area contributed by atoms with Crippen molar-refractivity contribution in [3.63, 3.8) is 0 Å². The average Bonchev–Trinajstić information content (AvgIpc) is 2.50. The van der Waals surface area contributed by atoms with Crippen LogP contribution in [0.15, 0.2) is 47.6 Å². The molecule has 0 aliphatic heterocycles. The van der Waals surface area contributed by atoms with Gasteiger partial charge in [-0.25, -0.2) is 0 Å². The Bertz CT molecular complexity index is 710. The van der Waals surface area contributed by atoms with E-state index in [1.54, 1.807) is 18.2 Å². The van der Waals surface area contributed by atoms with Crippen molar-refractivity contribution in [3.8, 4) is 0 Å². The number of anilines is 2. The van der Waals surface area contributed by atoms with Crippen LogP contribution in [-0.4, -0.2) is 5.71 Å². The van der Waals surface area contributed by atoms with E-state index in [-0.39, 0.29) is 0 Å². The van der Waals surface area contributed by atoms with E-state index >= 15 is 0 Å². The smallest absolute Gasteiger partial charge is 0.398 e. The molecule has 0 spiro atoms. The fraction of sp³-hybridized carbons (Fsp3) is 0.188. The zero-order valence-corrected chi connectivity index (χ0v) is 13.0. The third-order valence-electron chi connectivity index (χ3n) is 3.19. The molecule has 2 aromatic rings. The summed E-state index contributed by atoms with van der Waals surface area (Å²) in [6.45, 7) is 1.90. The summed E-state index contributed by atoms with van der Waals surface area (Å²) in [6.07, 6.45) is -3.77. The van der Waals surface area contributed by atoms with Crippen LogP contribution in [0, 0.1) is 0 Å². The van der Waals surface area contributed by atoms with Crippen molar-refractivity contribution in [2.24, 2.45) is 5.10 Å². The van der Waals surface area contributed by atoms with Crippen LogP contribution < -0.4 is 11.2 Å². The summed E-state index contributed by atoms with van der Waals surface area (Å²) in [6, 6.07) is 9.70. The van der Waals surface area contributed by atoms with Gasteiger partial charge in [0.25, 0.3) is 0 Å². The molecule has 2 rings (SSSR count). The zero-order chi connectivity index (χ0) is 17.0. The molecule has 0 heterocycles. The number of hydrogen-bond donors (Lipinski definition) is 2. The second-order valence-corrected chi connectivity index (χ2v) is 5.27. The van der Waals surface area contributed by atoms with Crippen LogP contribution >= 0.6 is 11.6 Å². The van der Waals surface area contributed by atoms with E-state index in [0.29, 0.717) is 34.1 Å². The van der Waals surface area contributed by atoms with Crippen molar-refractivity contribution in [3.05, 3.63) is 58.6 Å². The molecule has 0 radical (unpaired) electrons. The highest BCUT2D eigenvalue weighted by molar-refractivity contribution is 6.31. The van der Waals surface area contributed by atoms with Crippen LogP contribution in [0.2, 0.25) is 5.02 Å². The second kappa shape index (κ2) is 6.91. The van der Waals surface area contributed by atoms with E-state index in [9.17, 15) is 13.2 Å². The maximum absolute atomic E-state index is 12.5. The molecule has 0 aromatic heterocycles. The number of nitrogens with one attached hydrogen (secondary N) is 1. The van der Waals surface area contributed by atoms with Crippen LogP contribution in [0.1, 0.15) is 24.5 Å². The van der Waals surface area contributed by atoms with Crippen LogP contribution in [0.3, 0.4) is 0 Å². The topological polar surface area (TPSA) is 50.4 Å². The number of hydrazone groups is 1. The highest BCUT2D eigenvalue weighted by atomic mass is 35.5. The van der Waals surface area contributed by atoms with Gasteiger partial charge in [0.15, 0.2) is 0 Å². The monoisotopic (exact) mass is 341 g/mol. The summed E-state index contributed by atoms with van der Waals surface area (Å²) < 4.78 is 37.6. The number of nitrogens with two attached hydrogens (primary N) is 1. The third kappa shape index (κ3) is 4.39. The van der Waals surface area contributed by atoms with Crippen molar-refractivity contribution < 1.29 is 13.2 Å². The molecule has 0 aliphatic rings. The van der Waals surface area contributed by atoms with Crippen molar-refractivity contribution in [2.75, 3.05) is 11.2 Å². The predicted octanol–water partition coefficient (Wildman–Crippen LogP) is 5.17. The molecule has 0 atom stereocenters. The maximum atomic E-state index is 12.5. The number of benzene rings is 2. The van der Waals surface area contributed by atoms with Crippen molar-refractivity contribution >= 4 is 28.7 Å². The highest BCUT2D eigenvalue weighted by Crippen LogP contribution is 2.29. The molecule has 0 saturated heterocycles. The summed E-state index contributed by atoms with van der Waals surface area (Å²) in [5, 5.41) is 4.76. The normalized spacial score (nSPS) is 12.3. The van der Waals surface area contributed by atoms with Gasteiger partial charge < -0.3 is 5.73 Å². The van der Waals surface area contributed by atoms with Crippen LogP contribution in [0.5, 0.6) is 0 Å². The van der Waals surface area contributed by atoms with Crippen molar-refractivity contribution in [1.29, 1.82) is 0 Å². The number of nitrogen functional groups attached to an aromatic ring is 1.